The third-order valence-electron chi connectivity index (χ3n) is 11.7. The highest BCUT2D eigenvalue weighted by Gasteiger charge is 2.27. The van der Waals surface area contributed by atoms with Crippen LogP contribution in [0.25, 0.3) is 27.8 Å². The first-order valence-corrected chi connectivity index (χ1v) is 23.8. The number of benzene rings is 4. The van der Waals surface area contributed by atoms with Gasteiger partial charge in [0.15, 0.2) is 0 Å². The molecule has 6 aromatic rings. The zero-order valence-electron chi connectivity index (χ0n) is 40.1. The second-order valence-electron chi connectivity index (χ2n) is 16.0. The van der Waals surface area contributed by atoms with Crippen LogP contribution in [-0.4, -0.2) is 67.5 Å². The van der Waals surface area contributed by atoms with Gasteiger partial charge in [0, 0.05) is 33.6 Å². The number of carbonyl (C=O) groups excluding carboxylic acids is 2. The Kier molecular flexibility index (Phi) is 20.9. The van der Waals surface area contributed by atoms with Crippen LogP contribution in [0.1, 0.15) is 107 Å². The van der Waals surface area contributed by atoms with E-state index >= 15 is 0 Å². The number of aryl methyl sites for hydroxylation is 3. The van der Waals surface area contributed by atoms with Gasteiger partial charge >= 0.3 is 19.1 Å². The van der Waals surface area contributed by atoms with Crippen LogP contribution in [0.5, 0.6) is 11.5 Å². The zero-order valence-corrected chi connectivity index (χ0v) is 42.3. The summed E-state index contributed by atoms with van der Waals surface area (Å²) >= 11 is 17.9. The van der Waals surface area contributed by atoms with Crippen LogP contribution in [0.15, 0.2) is 121 Å². The maximum atomic E-state index is 12.1. The molecular formula is C55H58BCl3N2O8. The number of esters is 2. The van der Waals surface area contributed by atoms with Gasteiger partial charge in [0.05, 0.1) is 56.0 Å². The summed E-state index contributed by atoms with van der Waals surface area (Å²) in [4.78, 5) is 31.9. The van der Waals surface area contributed by atoms with E-state index in [4.69, 9.17) is 49.0 Å². The van der Waals surface area contributed by atoms with E-state index in [1.807, 2.05) is 56.4 Å². The first-order chi connectivity index (χ1) is 33.3. The highest BCUT2D eigenvalue weighted by molar-refractivity contribution is 6.52. The van der Waals surface area contributed by atoms with Crippen molar-refractivity contribution >= 4 is 70.6 Å². The summed E-state index contributed by atoms with van der Waals surface area (Å²) < 4.78 is 20.3. The molecule has 0 atom stereocenters. The Bertz CT molecular complexity index is 2780. The molecule has 0 bridgehead atoms. The molecule has 2 N–H and O–H groups in total. The SMILES string of the molecule is CCc1ncc(C2=C(c3cc(Cl)ccc3OC)CCC2)cc1C(=O)OC.CCc1ncc(Cl)cc1C(=O)OC.COc1ccc(Cl)cc1C1=C(B(O)O)CCC1.Cc1ccccc1-c1ccccc1. The van der Waals surface area contributed by atoms with Crippen LogP contribution in [0.3, 0.4) is 0 Å². The average Bonchev–Trinajstić information content (AvgIpc) is 4.08. The predicted octanol–water partition coefficient (Wildman–Crippen LogP) is 13.2. The monoisotopic (exact) mass is 990 g/mol. The summed E-state index contributed by atoms with van der Waals surface area (Å²) in [5, 5.41) is 20.4. The normalized spacial score (nSPS) is 12.7. The first-order valence-electron chi connectivity index (χ1n) is 22.7. The smallest absolute Gasteiger partial charge is 0.484 e. The standard InChI is InChI=1S/C21H22ClNO3.C13H12.C12H14BClO3.C9H10ClNO2/c1-4-19-18(21(24)26-3)10-13(12-23-19)15-6-5-7-16(15)17-11-14(22)8-9-20(17)25-2;1-11-7-5-6-10-13(11)12-8-3-2-4-9-12;1-17-12-6-5-8(14)7-10(12)9-3-2-4-11(9)13(15)16;1-3-8-7(9(12)13-2)4-6(10)5-11-8/h8-12H,4-7H2,1-3H3;2-10H,1H3;5-7,15-16H,2-4H2,1H3;4-5H,3H2,1-2H3. The Morgan fingerprint density at radius 1 is 0.565 bits per heavy atom. The molecule has 0 amide bonds. The minimum Gasteiger partial charge on any atom is -0.496 e. The third-order valence-corrected chi connectivity index (χ3v) is 12.4. The van der Waals surface area contributed by atoms with Crippen molar-refractivity contribution in [3.05, 3.63) is 181 Å². The lowest BCUT2D eigenvalue weighted by Gasteiger charge is -2.14. The van der Waals surface area contributed by atoms with Gasteiger partial charge in [0.1, 0.15) is 11.5 Å². The average molecular weight is 992 g/mol. The van der Waals surface area contributed by atoms with E-state index in [-0.39, 0.29) is 5.97 Å². The van der Waals surface area contributed by atoms with E-state index in [0.717, 1.165) is 65.8 Å². The number of rotatable bonds is 11. The number of hydrogen-bond acceptors (Lipinski definition) is 10. The second-order valence-corrected chi connectivity index (χ2v) is 17.3. The van der Waals surface area contributed by atoms with Gasteiger partial charge in [-0.05, 0) is 151 Å². The summed E-state index contributed by atoms with van der Waals surface area (Å²) in [5.41, 5.74) is 13.2. The van der Waals surface area contributed by atoms with Crippen LogP contribution >= 0.6 is 34.8 Å². The van der Waals surface area contributed by atoms with Crippen molar-refractivity contribution in [1.29, 1.82) is 0 Å². The van der Waals surface area contributed by atoms with Crippen LogP contribution in [0.4, 0.5) is 0 Å². The summed E-state index contributed by atoms with van der Waals surface area (Å²) in [6.45, 7) is 6.04. The van der Waals surface area contributed by atoms with Gasteiger partial charge in [-0.15, -0.1) is 0 Å². The van der Waals surface area contributed by atoms with E-state index in [0.29, 0.717) is 62.4 Å². The molecular weight excluding hydrogens is 934 g/mol. The van der Waals surface area contributed by atoms with Crippen molar-refractivity contribution < 1.29 is 38.6 Å². The van der Waals surface area contributed by atoms with Crippen LogP contribution in [0, 0.1) is 6.92 Å². The van der Waals surface area contributed by atoms with Gasteiger partial charge in [-0.25, -0.2) is 9.59 Å². The Morgan fingerprint density at radius 3 is 1.62 bits per heavy atom. The molecule has 2 aliphatic rings. The Labute approximate surface area is 421 Å². The number of pyridine rings is 2. The molecule has 2 aliphatic carbocycles. The van der Waals surface area contributed by atoms with Gasteiger partial charge in [-0.3, -0.25) is 9.97 Å². The number of halogens is 3. The Morgan fingerprint density at radius 2 is 1.07 bits per heavy atom. The molecule has 10 nitrogen and oxygen atoms in total. The lowest BCUT2D eigenvalue weighted by atomic mass is 9.75. The highest BCUT2D eigenvalue weighted by Crippen LogP contribution is 2.44. The molecule has 14 heteroatoms. The van der Waals surface area contributed by atoms with Crippen molar-refractivity contribution in [2.75, 3.05) is 28.4 Å². The molecule has 0 spiro atoms. The molecule has 8 rings (SSSR count). The molecule has 0 fully saturated rings. The summed E-state index contributed by atoms with van der Waals surface area (Å²) in [6, 6.07) is 33.4. The van der Waals surface area contributed by atoms with Crippen molar-refractivity contribution in [3.63, 3.8) is 0 Å². The topological polar surface area (TPSA) is 137 Å². The molecule has 4 aromatic carbocycles. The number of methoxy groups -OCH3 is 4. The molecule has 0 saturated carbocycles. The third kappa shape index (κ3) is 14.3. The zero-order chi connectivity index (χ0) is 50.0. The maximum Gasteiger partial charge on any atom is 0.484 e. The van der Waals surface area contributed by atoms with Crippen LogP contribution < -0.4 is 9.47 Å². The summed E-state index contributed by atoms with van der Waals surface area (Å²) in [6.07, 6.45) is 10.1. The van der Waals surface area contributed by atoms with Crippen molar-refractivity contribution in [3.8, 4) is 22.6 Å². The second kappa shape index (κ2) is 26.7. The Hall–Kier alpha value is -5.95. The van der Waals surface area contributed by atoms with E-state index in [1.54, 1.807) is 32.4 Å². The number of nitrogens with zero attached hydrogens (tertiary/aromatic N) is 2. The fourth-order valence-electron chi connectivity index (χ4n) is 8.33. The molecule has 2 heterocycles. The largest absolute Gasteiger partial charge is 0.496 e. The Balaban J connectivity index is 0.000000180. The number of carbonyl (C=O) groups is 2. The molecule has 360 valence electrons. The lowest BCUT2D eigenvalue weighted by molar-refractivity contribution is 0.0590. The van der Waals surface area contributed by atoms with Crippen LogP contribution in [0.2, 0.25) is 15.1 Å². The van der Waals surface area contributed by atoms with Crippen molar-refractivity contribution in [2.45, 2.75) is 72.1 Å². The molecule has 69 heavy (non-hydrogen) atoms. The molecule has 0 aliphatic heterocycles. The molecule has 0 saturated heterocycles. The summed E-state index contributed by atoms with van der Waals surface area (Å²) in [7, 11) is 4.59. The minimum absolute atomic E-state index is 0.350. The quantitative estimate of drug-likeness (QED) is 0.0953. The molecule has 0 unspecified atom stereocenters. The number of ether oxygens (including phenoxy) is 4. The van der Waals surface area contributed by atoms with E-state index < -0.39 is 13.1 Å². The number of aromatic nitrogens is 2. The van der Waals surface area contributed by atoms with Crippen molar-refractivity contribution in [2.24, 2.45) is 0 Å². The van der Waals surface area contributed by atoms with Gasteiger partial charge < -0.3 is 29.0 Å². The van der Waals surface area contributed by atoms with Gasteiger partial charge in [0.2, 0.25) is 0 Å². The van der Waals surface area contributed by atoms with Gasteiger partial charge in [-0.2, -0.15) is 0 Å². The van der Waals surface area contributed by atoms with E-state index in [1.165, 1.54) is 48.3 Å². The minimum atomic E-state index is -1.39. The van der Waals surface area contributed by atoms with Gasteiger partial charge in [0.25, 0.3) is 0 Å². The first kappa shape index (κ1) is 54.0. The summed E-state index contributed by atoms with van der Waals surface area (Å²) in [5.74, 6) is 0.767. The highest BCUT2D eigenvalue weighted by atomic mass is 35.5. The lowest BCUT2D eigenvalue weighted by Crippen LogP contribution is -2.15. The van der Waals surface area contributed by atoms with E-state index in [9.17, 15) is 19.6 Å². The number of hydrogen-bond donors (Lipinski definition) is 2. The molecule has 0 radical (unpaired) electrons. The fraction of sp³-hybridized carbons (Fsp3) is 0.273. The predicted molar refractivity (Wildman–Crippen MR) is 279 cm³/mol. The van der Waals surface area contributed by atoms with E-state index in [2.05, 4.69) is 70.2 Å². The van der Waals surface area contributed by atoms with Gasteiger partial charge in [-0.1, -0.05) is 103 Å². The molecule has 2 aromatic heterocycles. The number of allylic oxidation sites excluding steroid dienone is 4. The fourth-order valence-corrected chi connectivity index (χ4v) is 8.83. The van der Waals surface area contributed by atoms with Crippen molar-refractivity contribution in [1.82, 2.24) is 9.97 Å². The maximum absolute atomic E-state index is 12.1. The van der Waals surface area contributed by atoms with Crippen LogP contribution in [-0.2, 0) is 22.3 Å².